The summed E-state index contributed by atoms with van der Waals surface area (Å²) in [6, 6.07) is 22.1. The first-order valence-corrected chi connectivity index (χ1v) is 8.61. The van der Waals surface area contributed by atoms with Crippen molar-refractivity contribution in [3.05, 3.63) is 71.8 Å². The van der Waals surface area contributed by atoms with Crippen molar-refractivity contribution >= 4 is 7.92 Å². The van der Waals surface area contributed by atoms with Crippen LogP contribution in [0.3, 0.4) is 0 Å². The minimum atomic E-state index is 0.0556. The van der Waals surface area contributed by atoms with E-state index in [1.165, 1.54) is 12.8 Å². The van der Waals surface area contributed by atoms with Crippen molar-refractivity contribution in [1.29, 1.82) is 0 Å². The maximum Gasteiger partial charge on any atom is 0.00451 e. The van der Waals surface area contributed by atoms with E-state index in [1.807, 2.05) is 0 Å². The molecule has 0 bridgehead atoms. The fraction of sp³-hybridized carbons (Fsp3) is 0.294. The lowest BCUT2D eigenvalue weighted by Crippen LogP contribution is -1.92. The minimum absolute atomic E-state index is 0.0556. The summed E-state index contributed by atoms with van der Waals surface area (Å²) >= 11 is 0. The molecular formula is C17H19P. The van der Waals surface area contributed by atoms with Crippen LogP contribution in [0, 0.1) is 0 Å². The SMILES string of the molecule is CP1[C@@H](c2ccccc2)CC[C@@H]1c1ccccc1. The van der Waals surface area contributed by atoms with Crippen LogP contribution in [-0.4, -0.2) is 6.66 Å². The number of hydrogen-bond acceptors (Lipinski definition) is 0. The molecule has 3 rings (SSSR count). The van der Waals surface area contributed by atoms with Crippen molar-refractivity contribution in [2.75, 3.05) is 6.66 Å². The van der Waals surface area contributed by atoms with Crippen molar-refractivity contribution < 1.29 is 0 Å². The van der Waals surface area contributed by atoms with Crippen LogP contribution in [0.4, 0.5) is 0 Å². The highest BCUT2D eigenvalue weighted by atomic mass is 31.1. The molecule has 0 amide bonds. The van der Waals surface area contributed by atoms with Crippen molar-refractivity contribution in [3.63, 3.8) is 0 Å². The standard InChI is InChI=1S/C17H19P/c1-18-16(14-8-4-2-5-9-14)12-13-17(18)15-10-6-3-7-11-15/h2-11,16-17H,12-13H2,1H3/t16-,17-/m1/s1. The van der Waals surface area contributed by atoms with Crippen molar-refractivity contribution in [3.8, 4) is 0 Å². The zero-order valence-corrected chi connectivity index (χ0v) is 11.7. The van der Waals surface area contributed by atoms with E-state index in [2.05, 4.69) is 67.3 Å². The van der Waals surface area contributed by atoms with Gasteiger partial charge in [0.1, 0.15) is 0 Å². The molecule has 1 heteroatoms. The molecule has 0 aliphatic carbocycles. The lowest BCUT2D eigenvalue weighted by atomic mass is 10.0. The molecule has 1 aliphatic heterocycles. The summed E-state index contributed by atoms with van der Waals surface area (Å²) in [5.41, 5.74) is 4.69. The average molecular weight is 254 g/mol. The summed E-state index contributed by atoms with van der Waals surface area (Å²) in [5.74, 6) is 0. The van der Waals surface area contributed by atoms with Crippen LogP contribution >= 0.6 is 7.92 Å². The third-order valence-electron chi connectivity index (χ3n) is 4.07. The van der Waals surface area contributed by atoms with Gasteiger partial charge in [-0.3, -0.25) is 0 Å². The van der Waals surface area contributed by atoms with E-state index in [1.54, 1.807) is 11.1 Å². The molecule has 0 nitrogen and oxygen atoms in total. The Kier molecular flexibility index (Phi) is 3.48. The lowest BCUT2D eigenvalue weighted by Gasteiger charge is -2.22. The van der Waals surface area contributed by atoms with Crippen LogP contribution in [0.15, 0.2) is 60.7 Å². The molecule has 0 radical (unpaired) electrons. The van der Waals surface area contributed by atoms with E-state index < -0.39 is 0 Å². The highest BCUT2D eigenvalue weighted by molar-refractivity contribution is 7.58. The molecule has 0 saturated carbocycles. The van der Waals surface area contributed by atoms with Crippen LogP contribution in [0.2, 0.25) is 0 Å². The molecule has 0 N–H and O–H groups in total. The summed E-state index contributed by atoms with van der Waals surface area (Å²) in [6.07, 6.45) is 2.71. The first kappa shape index (κ1) is 11.9. The van der Waals surface area contributed by atoms with Gasteiger partial charge >= 0.3 is 0 Å². The van der Waals surface area contributed by atoms with Gasteiger partial charge in [-0.25, -0.2) is 0 Å². The molecule has 1 aliphatic rings. The van der Waals surface area contributed by atoms with Gasteiger partial charge in [0.15, 0.2) is 0 Å². The Balaban J connectivity index is 1.83. The van der Waals surface area contributed by atoms with Gasteiger partial charge in [-0.05, 0) is 30.6 Å². The normalized spacial score (nSPS) is 24.3. The molecule has 1 saturated heterocycles. The van der Waals surface area contributed by atoms with Gasteiger partial charge in [0.05, 0.1) is 0 Å². The smallest absolute Gasteiger partial charge is 0.00451 e. The summed E-state index contributed by atoms with van der Waals surface area (Å²) in [7, 11) is 0.0556. The number of rotatable bonds is 2. The van der Waals surface area contributed by atoms with Crippen molar-refractivity contribution in [2.45, 2.75) is 24.2 Å². The zero-order valence-electron chi connectivity index (χ0n) is 10.8. The molecule has 2 aromatic carbocycles. The maximum atomic E-state index is 2.48. The van der Waals surface area contributed by atoms with Gasteiger partial charge in [0.2, 0.25) is 0 Å². The predicted octanol–water partition coefficient (Wildman–Crippen LogP) is 5.37. The van der Waals surface area contributed by atoms with Gasteiger partial charge < -0.3 is 0 Å². The second-order valence-corrected chi connectivity index (χ2v) is 7.67. The highest BCUT2D eigenvalue weighted by Gasteiger charge is 2.33. The first-order chi connectivity index (χ1) is 8.86. The fourth-order valence-electron chi connectivity index (χ4n) is 3.09. The van der Waals surface area contributed by atoms with Crippen LogP contribution in [0.5, 0.6) is 0 Å². The Morgan fingerprint density at radius 3 is 1.50 bits per heavy atom. The average Bonchev–Trinajstić information content (AvgIpc) is 2.83. The predicted molar refractivity (Wildman–Crippen MR) is 80.4 cm³/mol. The number of benzene rings is 2. The summed E-state index contributed by atoms with van der Waals surface area (Å²) in [5, 5.41) is 0. The minimum Gasteiger partial charge on any atom is -0.0945 e. The quantitative estimate of drug-likeness (QED) is 0.631. The van der Waals surface area contributed by atoms with Crippen molar-refractivity contribution in [1.82, 2.24) is 0 Å². The van der Waals surface area contributed by atoms with Gasteiger partial charge in [0, 0.05) is 11.3 Å². The number of hydrogen-bond donors (Lipinski definition) is 0. The maximum absolute atomic E-state index is 2.48. The van der Waals surface area contributed by atoms with Crippen LogP contribution in [0.25, 0.3) is 0 Å². The molecule has 2 aromatic rings. The Bertz CT molecular complexity index is 444. The molecule has 2 atom stereocenters. The Morgan fingerprint density at radius 2 is 1.11 bits per heavy atom. The van der Waals surface area contributed by atoms with E-state index in [-0.39, 0.29) is 7.92 Å². The van der Waals surface area contributed by atoms with E-state index in [0.717, 1.165) is 11.3 Å². The van der Waals surface area contributed by atoms with Gasteiger partial charge in [-0.15, -0.1) is 0 Å². The molecule has 0 spiro atoms. The molecule has 18 heavy (non-hydrogen) atoms. The zero-order chi connectivity index (χ0) is 12.4. The second kappa shape index (κ2) is 5.24. The summed E-state index contributed by atoms with van der Waals surface area (Å²) in [6.45, 7) is 2.48. The van der Waals surface area contributed by atoms with Crippen LogP contribution in [0.1, 0.15) is 35.3 Å². The Labute approximate surface area is 111 Å². The Morgan fingerprint density at radius 1 is 0.722 bits per heavy atom. The fourth-order valence-corrected chi connectivity index (χ4v) is 5.93. The topological polar surface area (TPSA) is 0 Å². The summed E-state index contributed by atoms with van der Waals surface area (Å²) < 4.78 is 0. The monoisotopic (exact) mass is 254 g/mol. The van der Waals surface area contributed by atoms with E-state index in [4.69, 9.17) is 0 Å². The van der Waals surface area contributed by atoms with Crippen molar-refractivity contribution in [2.24, 2.45) is 0 Å². The largest absolute Gasteiger partial charge is 0.0945 e. The highest BCUT2D eigenvalue weighted by Crippen LogP contribution is 2.67. The molecule has 0 aromatic heterocycles. The van der Waals surface area contributed by atoms with Gasteiger partial charge in [-0.2, -0.15) is 0 Å². The van der Waals surface area contributed by atoms with E-state index >= 15 is 0 Å². The lowest BCUT2D eigenvalue weighted by molar-refractivity contribution is 0.765. The van der Waals surface area contributed by atoms with E-state index in [9.17, 15) is 0 Å². The Hall–Kier alpha value is -1.13. The van der Waals surface area contributed by atoms with Crippen LogP contribution in [-0.2, 0) is 0 Å². The second-order valence-electron chi connectivity index (χ2n) is 5.10. The van der Waals surface area contributed by atoms with Gasteiger partial charge in [-0.1, -0.05) is 68.6 Å². The molecule has 0 unspecified atom stereocenters. The van der Waals surface area contributed by atoms with E-state index in [0.29, 0.717) is 0 Å². The third kappa shape index (κ3) is 2.22. The first-order valence-electron chi connectivity index (χ1n) is 6.68. The molecule has 92 valence electrons. The molecular weight excluding hydrogens is 235 g/mol. The van der Waals surface area contributed by atoms with Gasteiger partial charge in [0.25, 0.3) is 0 Å². The van der Waals surface area contributed by atoms with Crippen LogP contribution < -0.4 is 0 Å². The third-order valence-corrected chi connectivity index (χ3v) is 7.14. The molecule has 1 heterocycles. The molecule has 1 fully saturated rings. The summed E-state index contributed by atoms with van der Waals surface area (Å²) in [4.78, 5) is 0.